The van der Waals surface area contributed by atoms with Crippen molar-refractivity contribution in [2.75, 3.05) is 5.75 Å². The number of unbranched alkanes of at least 4 members (excludes halogenated alkanes) is 1. The zero-order valence-corrected chi connectivity index (χ0v) is 16.9. The Balaban J connectivity index is 1.95. The van der Waals surface area contributed by atoms with Crippen molar-refractivity contribution in [2.45, 2.75) is 45.3 Å². The first-order chi connectivity index (χ1) is 12.5. The molecule has 6 heteroatoms. The Kier molecular flexibility index (Phi) is 5.94. The molecule has 0 aliphatic rings. The van der Waals surface area contributed by atoms with Gasteiger partial charge in [-0.1, -0.05) is 55.4 Å². The Hall–Kier alpha value is -1.92. The van der Waals surface area contributed by atoms with E-state index in [0.29, 0.717) is 17.3 Å². The Morgan fingerprint density at radius 1 is 1.23 bits per heavy atom. The van der Waals surface area contributed by atoms with Gasteiger partial charge in [0, 0.05) is 17.0 Å². The molecular weight excluding hydrogens is 364 g/mol. The summed E-state index contributed by atoms with van der Waals surface area (Å²) in [4.78, 5) is 32.1. The quantitative estimate of drug-likeness (QED) is 0.331. The number of hydrogen-bond acceptors (Lipinski definition) is 5. The van der Waals surface area contributed by atoms with Crippen molar-refractivity contribution in [3.05, 3.63) is 56.7 Å². The number of aromatic nitrogens is 2. The molecule has 0 radical (unpaired) electrons. The van der Waals surface area contributed by atoms with E-state index in [1.807, 2.05) is 44.2 Å². The maximum absolute atomic E-state index is 13.0. The van der Waals surface area contributed by atoms with Crippen molar-refractivity contribution >= 4 is 39.1 Å². The van der Waals surface area contributed by atoms with Crippen molar-refractivity contribution in [3.8, 4) is 0 Å². The molecule has 0 spiro atoms. The average Bonchev–Trinajstić information content (AvgIpc) is 2.94. The molecule has 0 aliphatic carbocycles. The van der Waals surface area contributed by atoms with Crippen LogP contribution in [0, 0.1) is 13.8 Å². The third-order valence-corrected chi connectivity index (χ3v) is 6.49. The second-order valence-corrected chi connectivity index (χ2v) is 8.39. The molecule has 0 saturated heterocycles. The fourth-order valence-corrected chi connectivity index (χ4v) is 4.76. The van der Waals surface area contributed by atoms with E-state index in [9.17, 15) is 9.59 Å². The van der Waals surface area contributed by atoms with Crippen molar-refractivity contribution in [2.24, 2.45) is 0 Å². The van der Waals surface area contributed by atoms with E-state index >= 15 is 0 Å². The van der Waals surface area contributed by atoms with Crippen LogP contribution < -0.4 is 5.56 Å². The van der Waals surface area contributed by atoms with Crippen molar-refractivity contribution in [1.82, 2.24) is 9.55 Å². The van der Waals surface area contributed by atoms with Crippen LogP contribution in [0.15, 0.2) is 40.3 Å². The number of hydrogen-bond donors (Lipinski definition) is 0. The summed E-state index contributed by atoms with van der Waals surface area (Å²) in [7, 11) is 0. The van der Waals surface area contributed by atoms with Crippen LogP contribution in [-0.2, 0) is 6.54 Å². The fourth-order valence-electron chi connectivity index (χ4n) is 2.77. The molecule has 0 aliphatic heterocycles. The van der Waals surface area contributed by atoms with Gasteiger partial charge in [0.05, 0.1) is 11.1 Å². The van der Waals surface area contributed by atoms with Gasteiger partial charge in [-0.2, -0.15) is 0 Å². The Morgan fingerprint density at radius 3 is 2.65 bits per heavy atom. The SMILES string of the molecule is CCCCn1c(SCC(=O)c2ccccc2)nc2sc(C)c(C)c2c1=O. The molecule has 26 heavy (non-hydrogen) atoms. The first kappa shape index (κ1) is 18.9. The summed E-state index contributed by atoms with van der Waals surface area (Å²) in [5.74, 6) is 0.322. The van der Waals surface area contributed by atoms with Crippen LogP contribution in [0.25, 0.3) is 10.2 Å². The van der Waals surface area contributed by atoms with Crippen LogP contribution in [0.2, 0.25) is 0 Å². The van der Waals surface area contributed by atoms with Gasteiger partial charge in [0.25, 0.3) is 5.56 Å². The van der Waals surface area contributed by atoms with Gasteiger partial charge in [-0.15, -0.1) is 11.3 Å². The molecule has 3 rings (SSSR count). The predicted molar refractivity (Wildman–Crippen MR) is 110 cm³/mol. The standard InChI is InChI=1S/C20H22N2O2S2/c1-4-5-11-22-19(24)17-13(2)14(3)26-18(17)21-20(22)25-12-16(23)15-9-7-6-8-10-15/h6-10H,4-5,11-12H2,1-3H3. The number of rotatable bonds is 7. The highest BCUT2D eigenvalue weighted by atomic mass is 32.2. The maximum atomic E-state index is 13.0. The largest absolute Gasteiger partial charge is 0.293 e. The minimum atomic E-state index is 0.0139. The molecule has 0 fully saturated rings. The molecule has 3 aromatic rings. The summed E-state index contributed by atoms with van der Waals surface area (Å²) in [6.45, 7) is 6.73. The van der Waals surface area contributed by atoms with Gasteiger partial charge >= 0.3 is 0 Å². The number of aryl methyl sites for hydroxylation is 2. The third-order valence-electron chi connectivity index (χ3n) is 4.42. The van der Waals surface area contributed by atoms with Gasteiger partial charge in [0.1, 0.15) is 4.83 Å². The molecular formula is C20H22N2O2S2. The van der Waals surface area contributed by atoms with E-state index in [1.54, 1.807) is 15.9 Å². The lowest BCUT2D eigenvalue weighted by Gasteiger charge is -2.11. The molecule has 0 saturated carbocycles. The third kappa shape index (κ3) is 3.76. The highest BCUT2D eigenvalue weighted by molar-refractivity contribution is 7.99. The van der Waals surface area contributed by atoms with Crippen LogP contribution in [0.1, 0.15) is 40.6 Å². The van der Waals surface area contributed by atoms with Crippen LogP contribution in [0.3, 0.4) is 0 Å². The zero-order chi connectivity index (χ0) is 18.7. The molecule has 2 aromatic heterocycles. The lowest BCUT2D eigenvalue weighted by Crippen LogP contribution is -2.23. The van der Waals surface area contributed by atoms with Gasteiger partial charge in [-0.3, -0.25) is 14.2 Å². The summed E-state index contributed by atoms with van der Waals surface area (Å²) < 4.78 is 1.74. The summed E-state index contributed by atoms with van der Waals surface area (Å²) in [6.07, 6.45) is 1.91. The molecule has 0 N–H and O–H groups in total. The second-order valence-electron chi connectivity index (χ2n) is 6.25. The van der Waals surface area contributed by atoms with Crippen LogP contribution in [-0.4, -0.2) is 21.1 Å². The number of carbonyl (C=O) groups excluding carboxylic acids is 1. The van der Waals surface area contributed by atoms with Gasteiger partial charge in [-0.25, -0.2) is 4.98 Å². The average molecular weight is 387 g/mol. The number of thiophene rings is 1. The number of benzene rings is 1. The molecule has 1 aromatic carbocycles. The summed E-state index contributed by atoms with van der Waals surface area (Å²) in [5, 5.41) is 1.36. The van der Waals surface area contributed by atoms with E-state index in [1.165, 1.54) is 11.8 Å². The van der Waals surface area contributed by atoms with E-state index in [0.717, 1.165) is 33.5 Å². The molecule has 2 heterocycles. The van der Waals surface area contributed by atoms with Gasteiger partial charge in [0.15, 0.2) is 10.9 Å². The topological polar surface area (TPSA) is 52.0 Å². The first-order valence-electron chi connectivity index (χ1n) is 8.74. The summed E-state index contributed by atoms with van der Waals surface area (Å²) in [6, 6.07) is 9.24. The normalized spacial score (nSPS) is 11.2. The van der Waals surface area contributed by atoms with Crippen LogP contribution in [0.5, 0.6) is 0 Å². The predicted octanol–water partition coefficient (Wildman–Crippen LogP) is 4.85. The fraction of sp³-hybridized carbons (Fsp3) is 0.350. The Morgan fingerprint density at radius 2 is 1.96 bits per heavy atom. The summed E-state index contributed by atoms with van der Waals surface area (Å²) >= 11 is 2.90. The van der Waals surface area contributed by atoms with E-state index in [-0.39, 0.29) is 17.1 Å². The molecule has 4 nitrogen and oxygen atoms in total. The number of carbonyl (C=O) groups is 1. The first-order valence-corrected chi connectivity index (χ1v) is 10.5. The number of nitrogens with zero attached hydrogens (tertiary/aromatic N) is 2. The number of Topliss-reactive ketones (excluding diaryl/α,β-unsaturated/α-hetero) is 1. The van der Waals surface area contributed by atoms with E-state index < -0.39 is 0 Å². The Labute approximate surface area is 161 Å². The molecule has 0 amide bonds. The Bertz CT molecular complexity index is 990. The van der Waals surface area contributed by atoms with Gasteiger partial charge < -0.3 is 0 Å². The highest BCUT2D eigenvalue weighted by Gasteiger charge is 2.17. The lowest BCUT2D eigenvalue weighted by molar-refractivity contribution is 0.102. The number of fused-ring (bicyclic) bond motifs is 1. The highest BCUT2D eigenvalue weighted by Crippen LogP contribution is 2.28. The van der Waals surface area contributed by atoms with Crippen LogP contribution >= 0.6 is 23.1 Å². The molecule has 0 bridgehead atoms. The number of ketones is 1. The van der Waals surface area contributed by atoms with Gasteiger partial charge in [-0.05, 0) is 25.8 Å². The monoisotopic (exact) mass is 386 g/mol. The molecule has 136 valence electrons. The number of thioether (sulfide) groups is 1. The van der Waals surface area contributed by atoms with E-state index in [4.69, 9.17) is 4.98 Å². The second kappa shape index (κ2) is 8.18. The minimum absolute atomic E-state index is 0.0139. The van der Waals surface area contributed by atoms with Crippen LogP contribution in [0.4, 0.5) is 0 Å². The summed E-state index contributed by atoms with van der Waals surface area (Å²) in [5.41, 5.74) is 1.72. The van der Waals surface area contributed by atoms with Crippen molar-refractivity contribution in [1.29, 1.82) is 0 Å². The molecule has 0 unspecified atom stereocenters. The molecule has 0 atom stereocenters. The minimum Gasteiger partial charge on any atom is -0.293 e. The van der Waals surface area contributed by atoms with Gasteiger partial charge in [0.2, 0.25) is 0 Å². The van der Waals surface area contributed by atoms with E-state index in [2.05, 4.69) is 6.92 Å². The van der Waals surface area contributed by atoms with Crippen molar-refractivity contribution in [3.63, 3.8) is 0 Å². The maximum Gasteiger partial charge on any atom is 0.263 e. The van der Waals surface area contributed by atoms with Crippen molar-refractivity contribution < 1.29 is 4.79 Å². The smallest absolute Gasteiger partial charge is 0.263 e. The lowest BCUT2D eigenvalue weighted by atomic mass is 10.2. The zero-order valence-electron chi connectivity index (χ0n) is 15.2.